The van der Waals surface area contributed by atoms with Gasteiger partial charge in [-0.3, -0.25) is 9.78 Å². The first-order valence-corrected chi connectivity index (χ1v) is 13.8. The van der Waals surface area contributed by atoms with Gasteiger partial charge in [0.2, 0.25) is 5.91 Å². The number of hydrogen-bond acceptors (Lipinski definition) is 3. The van der Waals surface area contributed by atoms with Crippen LogP contribution in [0, 0.1) is 26.7 Å². The lowest BCUT2D eigenvalue weighted by Gasteiger charge is -2.29. The van der Waals surface area contributed by atoms with Crippen molar-refractivity contribution in [2.24, 2.45) is 5.92 Å². The second-order valence-corrected chi connectivity index (χ2v) is 11.0. The molecule has 2 atom stereocenters. The first-order chi connectivity index (χ1) is 18.7. The van der Waals surface area contributed by atoms with Gasteiger partial charge >= 0.3 is 0 Å². The highest BCUT2D eigenvalue weighted by Crippen LogP contribution is 2.46. The third-order valence-electron chi connectivity index (χ3n) is 7.43. The Labute approximate surface area is 240 Å². The molecule has 0 saturated carbocycles. The molecule has 39 heavy (non-hydrogen) atoms. The highest BCUT2D eigenvalue weighted by molar-refractivity contribution is 7.80. The molecule has 1 fully saturated rings. The molecule has 2 aromatic carbocycles. The summed E-state index contributed by atoms with van der Waals surface area (Å²) in [4.78, 5) is 19.1. The predicted molar refractivity (Wildman–Crippen MR) is 163 cm³/mol. The number of benzene rings is 2. The summed E-state index contributed by atoms with van der Waals surface area (Å²) in [5, 5.41) is 7.50. The maximum atomic E-state index is 12.3. The Kier molecular flexibility index (Phi) is 7.47. The maximum Gasteiger partial charge on any atom is 0.226 e. The van der Waals surface area contributed by atoms with Crippen molar-refractivity contribution < 1.29 is 4.79 Å². The summed E-state index contributed by atoms with van der Waals surface area (Å²) >= 11 is 12.6. The zero-order valence-electron chi connectivity index (χ0n) is 22.7. The molecule has 0 aliphatic carbocycles. The number of pyridine rings is 1. The van der Waals surface area contributed by atoms with Crippen molar-refractivity contribution in [2.75, 3.05) is 10.2 Å². The van der Waals surface area contributed by atoms with Crippen LogP contribution in [0.3, 0.4) is 0 Å². The van der Waals surface area contributed by atoms with E-state index in [9.17, 15) is 4.79 Å². The Morgan fingerprint density at radius 2 is 1.72 bits per heavy atom. The smallest absolute Gasteiger partial charge is 0.226 e. The minimum absolute atomic E-state index is 0.0833. The van der Waals surface area contributed by atoms with Crippen LogP contribution in [0.1, 0.15) is 54.1 Å². The average molecular weight is 558 g/mol. The topological polar surface area (TPSA) is 62.2 Å². The van der Waals surface area contributed by atoms with Crippen molar-refractivity contribution in [1.82, 2.24) is 14.9 Å². The molecule has 0 spiro atoms. The van der Waals surface area contributed by atoms with Gasteiger partial charge in [0.15, 0.2) is 5.11 Å². The lowest BCUT2D eigenvalue weighted by atomic mass is 9.93. The Morgan fingerprint density at radius 1 is 1.00 bits per heavy atom. The highest BCUT2D eigenvalue weighted by atomic mass is 35.5. The minimum Gasteiger partial charge on any atom is -0.351 e. The lowest BCUT2D eigenvalue weighted by molar-refractivity contribution is -0.118. The lowest BCUT2D eigenvalue weighted by Crippen LogP contribution is -2.30. The number of halogens is 1. The van der Waals surface area contributed by atoms with Crippen LogP contribution in [0.25, 0.3) is 5.69 Å². The summed E-state index contributed by atoms with van der Waals surface area (Å²) in [5.74, 6) is -0.234. The van der Waals surface area contributed by atoms with E-state index in [2.05, 4.69) is 65.1 Å². The summed E-state index contributed by atoms with van der Waals surface area (Å²) < 4.78 is 2.30. The van der Waals surface area contributed by atoms with E-state index < -0.39 is 0 Å². The molecule has 0 radical (unpaired) electrons. The quantitative estimate of drug-likeness (QED) is 0.245. The van der Waals surface area contributed by atoms with Crippen molar-refractivity contribution in [3.05, 3.63) is 106 Å². The standard InChI is InChI=1S/C31H32ClN5OS/c1-18(2)30(38)34-25-15-14-23(17-24(25)32)37-29(28(35-31(37)39)26-13-9-10-16-33-26)27-19(3)20(4)36(21(27)5)22-11-7-6-8-12-22/h6-18,28-29H,1-5H3,(H,34,38)(H,35,39)/t28-,29-/m0/s1. The Balaban J connectivity index is 1.65. The molecule has 1 saturated heterocycles. The molecule has 1 aliphatic heterocycles. The Bertz CT molecular complexity index is 1530. The average Bonchev–Trinajstić information content (AvgIpc) is 3.37. The SMILES string of the molecule is Cc1c([C@H]2[C@H](c3ccccn3)NC(=S)N2c2ccc(NC(=O)C(C)C)c(Cl)c2)c(C)n(-c2ccccc2)c1C. The van der Waals surface area contributed by atoms with Crippen LogP contribution < -0.4 is 15.5 Å². The molecule has 0 unspecified atom stereocenters. The fraction of sp³-hybridized carbons (Fsp3) is 0.258. The van der Waals surface area contributed by atoms with Crippen molar-refractivity contribution in [1.29, 1.82) is 0 Å². The third kappa shape index (κ3) is 4.92. The van der Waals surface area contributed by atoms with Crippen LogP contribution >= 0.6 is 23.8 Å². The molecule has 4 aromatic rings. The largest absolute Gasteiger partial charge is 0.351 e. The van der Waals surface area contributed by atoms with Crippen molar-refractivity contribution in [2.45, 2.75) is 46.7 Å². The van der Waals surface area contributed by atoms with Crippen LogP contribution in [0.2, 0.25) is 5.02 Å². The molecule has 6 nitrogen and oxygen atoms in total. The van der Waals surface area contributed by atoms with Crippen LogP contribution in [-0.2, 0) is 4.79 Å². The van der Waals surface area contributed by atoms with Crippen LogP contribution in [0.4, 0.5) is 11.4 Å². The molecule has 1 aliphatic rings. The number of rotatable bonds is 6. The van der Waals surface area contributed by atoms with E-state index in [1.165, 1.54) is 16.8 Å². The zero-order chi connectivity index (χ0) is 27.8. The molecule has 8 heteroatoms. The predicted octanol–water partition coefficient (Wildman–Crippen LogP) is 7.22. The summed E-state index contributed by atoms with van der Waals surface area (Å²) in [7, 11) is 0. The van der Waals surface area contributed by atoms with E-state index in [4.69, 9.17) is 28.8 Å². The number of nitrogens with one attached hydrogen (secondary N) is 2. The molecule has 200 valence electrons. The van der Waals surface area contributed by atoms with E-state index in [1.54, 1.807) is 0 Å². The highest BCUT2D eigenvalue weighted by Gasteiger charge is 2.43. The van der Waals surface area contributed by atoms with E-state index in [-0.39, 0.29) is 23.9 Å². The van der Waals surface area contributed by atoms with Crippen molar-refractivity contribution in [3.63, 3.8) is 0 Å². The van der Waals surface area contributed by atoms with Crippen LogP contribution in [0.5, 0.6) is 0 Å². The molecule has 1 amide bonds. The van der Waals surface area contributed by atoms with Gasteiger partial charge in [0, 0.05) is 40.4 Å². The number of para-hydroxylation sites is 1. The van der Waals surface area contributed by atoms with Gasteiger partial charge in [-0.2, -0.15) is 0 Å². The van der Waals surface area contributed by atoms with Crippen molar-refractivity contribution >= 4 is 46.2 Å². The molecule has 0 bridgehead atoms. The molecule has 2 N–H and O–H groups in total. The molecular formula is C31H32ClN5OS. The molecule has 3 heterocycles. The van der Waals surface area contributed by atoms with Gasteiger partial charge in [0.25, 0.3) is 0 Å². The zero-order valence-corrected chi connectivity index (χ0v) is 24.3. The van der Waals surface area contributed by atoms with Crippen LogP contribution in [0.15, 0.2) is 72.9 Å². The monoisotopic (exact) mass is 557 g/mol. The number of carbonyl (C=O) groups excluding carboxylic acids is 1. The maximum absolute atomic E-state index is 12.3. The van der Waals surface area contributed by atoms with Gasteiger partial charge < -0.3 is 20.1 Å². The third-order valence-corrected chi connectivity index (χ3v) is 8.06. The van der Waals surface area contributed by atoms with E-state index in [0.29, 0.717) is 15.8 Å². The van der Waals surface area contributed by atoms with Crippen molar-refractivity contribution in [3.8, 4) is 5.69 Å². The molecule has 2 aromatic heterocycles. The second-order valence-electron chi connectivity index (χ2n) is 10.2. The second kappa shape index (κ2) is 10.8. The Morgan fingerprint density at radius 3 is 2.36 bits per heavy atom. The van der Waals surface area contributed by atoms with E-state index in [1.807, 2.05) is 62.5 Å². The normalized spacial score (nSPS) is 17.0. The van der Waals surface area contributed by atoms with E-state index in [0.717, 1.165) is 22.8 Å². The van der Waals surface area contributed by atoms with Gasteiger partial charge in [-0.15, -0.1) is 0 Å². The number of nitrogens with zero attached hydrogens (tertiary/aromatic N) is 3. The summed E-state index contributed by atoms with van der Waals surface area (Å²) in [6, 6.07) is 21.6. The number of hydrogen-bond donors (Lipinski definition) is 2. The first-order valence-electron chi connectivity index (χ1n) is 13.0. The first kappa shape index (κ1) is 26.9. The molecular weight excluding hydrogens is 526 g/mol. The van der Waals surface area contributed by atoms with E-state index >= 15 is 0 Å². The summed E-state index contributed by atoms with van der Waals surface area (Å²) in [6.45, 7) is 10.2. The number of anilines is 2. The Hall–Kier alpha value is -3.68. The summed E-state index contributed by atoms with van der Waals surface area (Å²) in [5.41, 5.74) is 8.15. The van der Waals surface area contributed by atoms with Crippen LogP contribution in [-0.4, -0.2) is 20.6 Å². The number of aromatic nitrogens is 2. The van der Waals surface area contributed by atoms with Gasteiger partial charge in [0.05, 0.1) is 28.5 Å². The number of carbonyl (C=O) groups is 1. The fourth-order valence-corrected chi connectivity index (χ4v) is 5.93. The minimum atomic E-state index is -0.179. The van der Waals surface area contributed by atoms with Gasteiger partial charge in [-0.1, -0.05) is 49.7 Å². The molecule has 5 rings (SSSR count). The fourth-order valence-electron chi connectivity index (χ4n) is 5.36. The van der Waals surface area contributed by atoms with Gasteiger partial charge in [-0.05, 0) is 81.0 Å². The summed E-state index contributed by atoms with van der Waals surface area (Å²) in [6.07, 6.45) is 1.81. The number of thiocarbonyl (C=S) groups is 1. The van der Waals surface area contributed by atoms with Gasteiger partial charge in [-0.25, -0.2) is 0 Å². The van der Waals surface area contributed by atoms with Gasteiger partial charge in [0.1, 0.15) is 0 Å². The number of amides is 1.